The van der Waals surface area contributed by atoms with Crippen LogP contribution in [0.15, 0.2) is 30.6 Å². The van der Waals surface area contributed by atoms with Crippen LogP contribution >= 0.6 is 11.3 Å². The highest BCUT2D eigenvalue weighted by molar-refractivity contribution is 7.20. The summed E-state index contributed by atoms with van der Waals surface area (Å²) in [6.45, 7) is 3.86. The van der Waals surface area contributed by atoms with Crippen LogP contribution in [0.3, 0.4) is 0 Å². The molecule has 7 nitrogen and oxygen atoms in total. The van der Waals surface area contributed by atoms with Gasteiger partial charge in [-0.25, -0.2) is 9.97 Å². The van der Waals surface area contributed by atoms with Gasteiger partial charge in [-0.05, 0) is 31.4 Å². The van der Waals surface area contributed by atoms with Gasteiger partial charge in [0.25, 0.3) is 5.91 Å². The van der Waals surface area contributed by atoms with Gasteiger partial charge in [0.05, 0.1) is 23.5 Å². The number of methoxy groups -OCH3 is 1. The molecule has 1 fully saturated rings. The third kappa shape index (κ3) is 4.18. The van der Waals surface area contributed by atoms with Crippen molar-refractivity contribution in [2.45, 2.75) is 32.4 Å². The largest absolute Gasteiger partial charge is 0.496 e. The fourth-order valence-corrected chi connectivity index (χ4v) is 4.61. The number of nitrogens with zero attached hydrogens (tertiary/aromatic N) is 2. The number of rotatable bonds is 7. The van der Waals surface area contributed by atoms with Crippen LogP contribution in [0.5, 0.6) is 5.75 Å². The number of carbonyl (C=O) groups excluding carboxylic acids is 1. The van der Waals surface area contributed by atoms with E-state index in [1.165, 1.54) is 17.7 Å². The zero-order valence-electron chi connectivity index (χ0n) is 16.5. The number of thiophene rings is 1. The summed E-state index contributed by atoms with van der Waals surface area (Å²) in [4.78, 5) is 23.1. The number of para-hydroxylation sites is 1. The Balaban J connectivity index is 1.52. The Morgan fingerprint density at radius 1 is 1.34 bits per heavy atom. The van der Waals surface area contributed by atoms with Gasteiger partial charge < -0.3 is 20.1 Å². The summed E-state index contributed by atoms with van der Waals surface area (Å²) < 4.78 is 11.0. The lowest BCUT2D eigenvalue weighted by atomic mass is 10.1. The predicted octanol–water partition coefficient (Wildman–Crippen LogP) is 3.53. The summed E-state index contributed by atoms with van der Waals surface area (Å²) in [7, 11) is 1.63. The average molecular weight is 413 g/mol. The van der Waals surface area contributed by atoms with Gasteiger partial charge in [-0.3, -0.25) is 4.79 Å². The van der Waals surface area contributed by atoms with E-state index in [2.05, 4.69) is 20.6 Å². The van der Waals surface area contributed by atoms with Crippen molar-refractivity contribution >= 4 is 33.3 Å². The summed E-state index contributed by atoms with van der Waals surface area (Å²) in [5.74, 6) is 1.39. The maximum Gasteiger partial charge on any atom is 0.261 e. The van der Waals surface area contributed by atoms with E-state index in [1.807, 2.05) is 31.2 Å². The van der Waals surface area contributed by atoms with Crippen molar-refractivity contribution in [1.29, 1.82) is 0 Å². The molecule has 2 aromatic heterocycles. The highest BCUT2D eigenvalue weighted by Gasteiger charge is 2.21. The highest BCUT2D eigenvalue weighted by Crippen LogP contribution is 2.33. The number of ether oxygens (including phenoxy) is 2. The zero-order valence-corrected chi connectivity index (χ0v) is 17.3. The molecular formula is C21H24N4O3S. The lowest BCUT2D eigenvalue weighted by molar-refractivity contribution is 0.0954. The Hall–Kier alpha value is -2.71. The molecule has 3 aromatic rings. The van der Waals surface area contributed by atoms with Gasteiger partial charge in [0.1, 0.15) is 22.7 Å². The van der Waals surface area contributed by atoms with Crippen LogP contribution < -0.4 is 15.4 Å². The van der Waals surface area contributed by atoms with Crippen molar-refractivity contribution in [1.82, 2.24) is 15.3 Å². The first-order valence-electron chi connectivity index (χ1n) is 9.67. The van der Waals surface area contributed by atoms with E-state index in [4.69, 9.17) is 9.47 Å². The van der Waals surface area contributed by atoms with Crippen LogP contribution in [0.2, 0.25) is 0 Å². The minimum Gasteiger partial charge on any atom is -0.496 e. The molecule has 29 heavy (non-hydrogen) atoms. The minimum atomic E-state index is -0.124. The second-order valence-corrected chi connectivity index (χ2v) is 7.97. The van der Waals surface area contributed by atoms with E-state index in [-0.39, 0.29) is 12.0 Å². The average Bonchev–Trinajstić information content (AvgIpc) is 3.39. The number of hydrogen-bond acceptors (Lipinski definition) is 7. The van der Waals surface area contributed by atoms with Gasteiger partial charge in [0.15, 0.2) is 0 Å². The summed E-state index contributed by atoms with van der Waals surface area (Å²) in [5.41, 5.74) is 1.82. The number of aryl methyl sites for hydroxylation is 1. The number of benzene rings is 1. The zero-order chi connectivity index (χ0) is 20.2. The molecule has 1 saturated heterocycles. The van der Waals surface area contributed by atoms with Crippen LogP contribution in [-0.4, -0.2) is 42.2 Å². The van der Waals surface area contributed by atoms with E-state index in [0.29, 0.717) is 18.0 Å². The Kier molecular flexibility index (Phi) is 5.92. The van der Waals surface area contributed by atoms with E-state index >= 15 is 0 Å². The SMILES string of the molecule is COc1ccccc1CNC(=O)c1sc2ncnc(NCC3CCCO3)c2c1C. The number of fused-ring (bicyclic) bond motifs is 1. The standard InChI is InChI=1S/C21H24N4O3S/c1-13-17-19(22-11-15-7-5-9-28-15)24-12-25-21(17)29-18(13)20(26)23-10-14-6-3-4-8-16(14)27-2/h3-4,6,8,12,15H,5,7,9-11H2,1-2H3,(H,23,26)(H,22,24,25). The van der Waals surface area contributed by atoms with Crippen molar-refractivity contribution in [2.24, 2.45) is 0 Å². The van der Waals surface area contributed by atoms with Crippen molar-refractivity contribution in [3.05, 3.63) is 46.6 Å². The Bertz CT molecular complexity index is 1010. The minimum absolute atomic E-state index is 0.124. The van der Waals surface area contributed by atoms with Crippen molar-refractivity contribution < 1.29 is 14.3 Å². The van der Waals surface area contributed by atoms with Gasteiger partial charge >= 0.3 is 0 Å². The highest BCUT2D eigenvalue weighted by atomic mass is 32.1. The Labute approximate surface area is 173 Å². The fraction of sp³-hybridized carbons (Fsp3) is 0.381. The summed E-state index contributed by atoms with van der Waals surface area (Å²) >= 11 is 1.38. The van der Waals surface area contributed by atoms with Gasteiger partial charge in [0.2, 0.25) is 0 Å². The van der Waals surface area contributed by atoms with E-state index in [9.17, 15) is 4.79 Å². The monoisotopic (exact) mass is 412 g/mol. The van der Waals surface area contributed by atoms with Gasteiger partial charge in [-0.15, -0.1) is 11.3 Å². The van der Waals surface area contributed by atoms with Crippen molar-refractivity contribution in [2.75, 3.05) is 25.6 Å². The smallest absolute Gasteiger partial charge is 0.261 e. The first kappa shape index (κ1) is 19.6. The molecule has 0 aliphatic carbocycles. The number of aromatic nitrogens is 2. The van der Waals surface area contributed by atoms with Crippen LogP contribution in [0.25, 0.3) is 10.2 Å². The van der Waals surface area contributed by atoms with E-state index in [0.717, 1.165) is 52.4 Å². The molecule has 0 bridgehead atoms. The van der Waals surface area contributed by atoms with E-state index in [1.54, 1.807) is 7.11 Å². The van der Waals surface area contributed by atoms with Crippen molar-refractivity contribution in [3.63, 3.8) is 0 Å². The molecule has 3 heterocycles. The molecule has 2 N–H and O–H groups in total. The number of amides is 1. The maximum absolute atomic E-state index is 12.9. The summed E-state index contributed by atoms with van der Waals surface area (Å²) in [6, 6.07) is 7.66. The van der Waals surface area contributed by atoms with Crippen LogP contribution in [0, 0.1) is 6.92 Å². The number of nitrogens with one attached hydrogen (secondary N) is 2. The quantitative estimate of drug-likeness (QED) is 0.618. The molecule has 4 rings (SSSR count). The third-order valence-electron chi connectivity index (χ3n) is 5.09. The Morgan fingerprint density at radius 2 is 2.21 bits per heavy atom. The number of anilines is 1. The van der Waals surface area contributed by atoms with Crippen LogP contribution in [0.4, 0.5) is 5.82 Å². The molecule has 0 saturated carbocycles. The third-order valence-corrected chi connectivity index (χ3v) is 6.28. The lowest BCUT2D eigenvalue weighted by Crippen LogP contribution is -2.22. The first-order valence-corrected chi connectivity index (χ1v) is 10.5. The normalized spacial score (nSPS) is 16.1. The van der Waals surface area contributed by atoms with Gasteiger partial charge in [-0.1, -0.05) is 18.2 Å². The van der Waals surface area contributed by atoms with Crippen molar-refractivity contribution in [3.8, 4) is 5.75 Å². The maximum atomic E-state index is 12.9. The van der Waals surface area contributed by atoms with Gasteiger partial charge in [-0.2, -0.15) is 0 Å². The first-order chi connectivity index (χ1) is 14.2. The molecule has 1 aromatic carbocycles. The summed E-state index contributed by atoms with van der Waals surface area (Å²) in [5, 5.41) is 7.27. The topological polar surface area (TPSA) is 85.4 Å². The molecular weight excluding hydrogens is 388 g/mol. The molecule has 1 amide bonds. The predicted molar refractivity (Wildman–Crippen MR) is 114 cm³/mol. The summed E-state index contributed by atoms with van der Waals surface area (Å²) in [6.07, 6.45) is 3.90. The molecule has 8 heteroatoms. The van der Waals surface area contributed by atoms with Crippen LogP contribution in [0.1, 0.15) is 33.6 Å². The number of carbonyl (C=O) groups is 1. The van der Waals surface area contributed by atoms with Gasteiger partial charge in [0, 0.05) is 25.3 Å². The second kappa shape index (κ2) is 8.75. The fourth-order valence-electron chi connectivity index (χ4n) is 3.54. The molecule has 1 aliphatic heterocycles. The lowest BCUT2D eigenvalue weighted by Gasteiger charge is -2.12. The molecule has 1 atom stereocenters. The molecule has 0 spiro atoms. The molecule has 152 valence electrons. The molecule has 0 radical (unpaired) electrons. The second-order valence-electron chi connectivity index (χ2n) is 6.97. The molecule has 1 aliphatic rings. The number of hydrogen-bond donors (Lipinski definition) is 2. The molecule has 1 unspecified atom stereocenters. The van der Waals surface area contributed by atoms with E-state index < -0.39 is 0 Å². The van der Waals surface area contributed by atoms with Crippen LogP contribution in [-0.2, 0) is 11.3 Å². The Morgan fingerprint density at radius 3 is 3.00 bits per heavy atom.